The minimum absolute atomic E-state index is 0.176. The highest BCUT2D eigenvalue weighted by molar-refractivity contribution is 7.09. The van der Waals surface area contributed by atoms with Crippen LogP contribution in [0.2, 0.25) is 5.02 Å². The Balaban J connectivity index is 1.65. The van der Waals surface area contributed by atoms with E-state index in [1.807, 2.05) is 0 Å². The van der Waals surface area contributed by atoms with Crippen molar-refractivity contribution in [2.75, 3.05) is 26.7 Å². The first kappa shape index (κ1) is 20.3. The first-order valence-corrected chi connectivity index (χ1v) is 9.85. The van der Waals surface area contributed by atoms with Crippen LogP contribution >= 0.6 is 22.9 Å². The van der Waals surface area contributed by atoms with Gasteiger partial charge in [-0.15, -0.1) is 11.3 Å². The Kier molecular flexibility index (Phi) is 8.44. The lowest BCUT2D eigenvalue weighted by molar-refractivity contribution is 0.0954. The van der Waals surface area contributed by atoms with Gasteiger partial charge in [0.05, 0.1) is 10.6 Å². The van der Waals surface area contributed by atoms with E-state index in [9.17, 15) is 4.79 Å². The number of thiophene rings is 1. The number of guanidine groups is 1. The van der Waals surface area contributed by atoms with Crippen LogP contribution in [0.4, 0.5) is 0 Å². The molecule has 0 bridgehead atoms. The van der Waals surface area contributed by atoms with E-state index < -0.39 is 0 Å². The number of hydrogen-bond donors (Lipinski definition) is 3. The highest BCUT2D eigenvalue weighted by Gasteiger charge is 2.09. The van der Waals surface area contributed by atoms with Gasteiger partial charge >= 0.3 is 0 Å². The Bertz CT molecular complexity index is 718. The molecule has 1 aromatic carbocycles. The lowest BCUT2D eigenvalue weighted by Crippen LogP contribution is -2.43. The Morgan fingerprint density at radius 3 is 2.62 bits per heavy atom. The molecule has 0 aliphatic rings. The number of benzene rings is 1. The number of rotatable bonds is 8. The average molecular weight is 393 g/mol. The summed E-state index contributed by atoms with van der Waals surface area (Å²) >= 11 is 7.81. The molecule has 2 aromatic rings. The second-order valence-corrected chi connectivity index (χ2v) is 7.44. The molecule has 1 amide bonds. The second-order valence-electron chi connectivity index (χ2n) is 6.00. The van der Waals surface area contributed by atoms with Gasteiger partial charge in [0, 0.05) is 31.6 Å². The number of nitrogens with one attached hydrogen (secondary N) is 3. The molecule has 1 heterocycles. The molecule has 0 aliphatic carbocycles. The highest BCUT2D eigenvalue weighted by atomic mass is 35.5. The minimum atomic E-state index is -0.176. The van der Waals surface area contributed by atoms with E-state index in [-0.39, 0.29) is 5.91 Å². The van der Waals surface area contributed by atoms with Gasteiger partial charge in [-0.1, -0.05) is 36.7 Å². The zero-order chi connectivity index (χ0) is 18.8. The molecule has 7 heteroatoms. The Morgan fingerprint density at radius 1 is 1.15 bits per heavy atom. The number of hydrogen-bond acceptors (Lipinski definition) is 3. The van der Waals surface area contributed by atoms with Crippen LogP contribution in [-0.2, 0) is 6.42 Å². The van der Waals surface area contributed by atoms with Gasteiger partial charge in [0.15, 0.2) is 5.96 Å². The van der Waals surface area contributed by atoms with Crippen LogP contribution in [0.3, 0.4) is 0 Å². The van der Waals surface area contributed by atoms with E-state index in [0.29, 0.717) is 29.6 Å². The average Bonchev–Trinajstić information content (AvgIpc) is 3.14. The molecule has 5 nitrogen and oxygen atoms in total. The van der Waals surface area contributed by atoms with Gasteiger partial charge in [0.2, 0.25) is 0 Å². The summed E-state index contributed by atoms with van der Waals surface area (Å²) in [6.45, 7) is 4.11. The maximum Gasteiger partial charge on any atom is 0.252 e. The molecular formula is C19H25ClN4OS. The van der Waals surface area contributed by atoms with Gasteiger partial charge in [0.25, 0.3) is 5.91 Å². The van der Waals surface area contributed by atoms with Crippen molar-refractivity contribution in [3.05, 3.63) is 57.2 Å². The quantitative estimate of drug-likeness (QED) is 0.367. The van der Waals surface area contributed by atoms with Crippen molar-refractivity contribution in [2.45, 2.75) is 13.3 Å². The third-order valence-corrected chi connectivity index (χ3v) is 5.02. The van der Waals surface area contributed by atoms with Crippen molar-refractivity contribution in [1.29, 1.82) is 0 Å². The monoisotopic (exact) mass is 392 g/mol. The van der Waals surface area contributed by atoms with Crippen LogP contribution in [0.15, 0.2) is 46.8 Å². The van der Waals surface area contributed by atoms with E-state index in [4.69, 9.17) is 11.6 Å². The predicted octanol–water partition coefficient (Wildman–Crippen LogP) is 3.18. The normalized spacial score (nSPS) is 12.5. The van der Waals surface area contributed by atoms with E-state index in [0.717, 1.165) is 18.9 Å². The largest absolute Gasteiger partial charge is 0.356 e. The fourth-order valence-electron chi connectivity index (χ4n) is 2.43. The molecule has 3 N–H and O–H groups in total. The molecule has 26 heavy (non-hydrogen) atoms. The minimum Gasteiger partial charge on any atom is -0.356 e. The molecule has 2 rings (SSSR count). The standard InChI is InChI=1S/C19H25ClN4OS/c1-14(12-15-6-5-11-26-15)13-24-19(21-2)23-10-9-22-18(25)16-7-3-4-8-17(16)20/h3-8,11,14H,9-10,12-13H2,1-2H3,(H,22,25)(H2,21,23,24). The number of aliphatic imine (C=N–C) groups is 1. The summed E-state index contributed by atoms with van der Waals surface area (Å²) in [6.07, 6.45) is 1.05. The van der Waals surface area contributed by atoms with Crippen molar-refractivity contribution < 1.29 is 4.79 Å². The Labute approximate surface area is 163 Å². The Hall–Kier alpha value is -2.05. The number of carbonyl (C=O) groups is 1. The summed E-state index contributed by atoms with van der Waals surface area (Å²) in [5, 5.41) is 11.9. The van der Waals surface area contributed by atoms with Crippen molar-refractivity contribution >= 4 is 34.8 Å². The third-order valence-electron chi connectivity index (χ3n) is 3.79. The molecule has 0 fully saturated rings. The maximum atomic E-state index is 12.1. The number of nitrogens with zero attached hydrogens (tertiary/aromatic N) is 1. The summed E-state index contributed by atoms with van der Waals surface area (Å²) in [7, 11) is 1.74. The van der Waals surface area contributed by atoms with Gasteiger partial charge in [-0.3, -0.25) is 9.79 Å². The molecule has 0 spiro atoms. The van der Waals surface area contributed by atoms with Crippen molar-refractivity contribution in [2.24, 2.45) is 10.9 Å². The summed E-state index contributed by atoms with van der Waals surface area (Å²) in [5.41, 5.74) is 0.485. The highest BCUT2D eigenvalue weighted by Crippen LogP contribution is 2.14. The van der Waals surface area contributed by atoms with Crippen LogP contribution < -0.4 is 16.0 Å². The van der Waals surface area contributed by atoms with E-state index >= 15 is 0 Å². The van der Waals surface area contributed by atoms with Crippen molar-refractivity contribution in [3.63, 3.8) is 0 Å². The number of amides is 1. The molecule has 1 aromatic heterocycles. The van der Waals surface area contributed by atoms with E-state index in [1.54, 1.807) is 42.6 Å². The molecular weight excluding hydrogens is 368 g/mol. The first-order valence-electron chi connectivity index (χ1n) is 8.59. The fraction of sp³-hybridized carbons (Fsp3) is 0.368. The van der Waals surface area contributed by atoms with Gasteiger partial charge in [-0.25, -0.2) is 0 Å². The van der Waals surface area contributed by atoms with Gasteiger partial charge < -0.3 is 16.0 Å². The third kappa shape index (κ3) is 6.69. The lowest BCUT2D eigenvalue weighted by atomic mass is 10.1. The number of carbonyl (C=O) groups excluding carboxylic acids is 1. The Morgan fingerprint density at radius 2 is 1.92 bits per heavy atom. The van der Waals surface area contributed by atoms with Crippen molar-refractivity contribution in [1.82, 2.24) is 16.0 Å². The molecule has 0 saturated heterocycles. The fourth-order valence-corrected chi connectivity index (χ4v) is 3.52. The molecule has 0 radical (unpaired) electrons. The van der Waals surface area contributed by atoms with E-state index in [1.165, 1.54) is 4.88 Å². The van der Waals surface area contributed by atoms with Gasteiger partial charge in [-0.05, 0) is 35.9 Å². The van der Waals surface area contributed by atoms with Crippen LogP contribution in [-0.4, -0.2) is 38.5 Å². The summed E-state index contributed by atoms with van der Waals surface area (Å²) in [4.78, 5) is 17.7. The number of halogens is 1. The zero-order valence-electron chi connectivity index (χ0n) is 15.1. The lowest BCUT2D eigenvalue weighted by Gasteiger charge is -2.16. The topological polar surface area (TPSA) is 65.5 Å². The molecule has 140 valence electrons. The summed E-state index contributed by atoms with van der Waals surface area (Å²) in [6, 6.07) is 11.3. The molecule has 1 atom stereocenters. The van der Waals surface area contributed by atoms with Gasteiger partial charge in [0.1, 0.15) is 0 Å². The maximum absolute atomic E-state index is 12.1. The van der Waals surface area contributed by atoms with Crippen LogP contribution in [0.1, 0.15) is 22.2 Å². The van der Waals surface area contributed by atoms with Crippen LogP contribution in [0, 0.1) is 5.92 Å². The zero-order valence-corrected chi connectivity index (χ0v) is 16.7. The van der Waals surface area contributed by atoms with E-state index in [2.05, 4.69) is 45.4 Å². The molecule has 0 saturated carbocycles. The summed E-state index contributed by atoms with van der Waals surface area (Å²) < 4.78 is 0. The summed E-state index contributed by atoms with van der Waals surface area (Å²) in [5.74, 6) is 1.06. The predicted molar refractivity (Wildman–Crippen MR) is 110 cm³/mol. The van der Waals surface area contributed by atoms with Crippen LogP contribution in [0.5, 0.6) is 0 Å². The second kappa shape index (κ2) is 10.8. The molecule has 0 aliphatic heterocycles. The van der Waals surface area contributed by atoms with Crippen molar-refractivity contribution in [3.8, 4) is 0 Å². The SMILES string of the molecule is CN=C(NCCNC(=O)c1ccccc1Cl)NCC(C)Cc1cccs1. The smallest absolute Gasteiger partial charge is 0.252 e. The molecule has 1 unspecified atom stereocenters. The van der Waals surface area contributed by atoms with Crippen LogP contribution in [0.25, 0.3) is 0 Å². The first-order chi connectivity index (χ1) is 12.6. The van der Waals surface area contributed by atoms with Gasteiger partial charge in [-0.2, -0.15) is 0 Å².